The smallest absolute Gasteiger partial charge is 0.223 e. The van der Waals surface area contributed by atoms with E-state index in [0.717, 1.165) is 39.2 Å². The second-order valence-electron chi connectivity index (χ2n) is 5.07. The van der Waals surface area contributed by atoms with Gasteiger partial charge in [0.1, 0.15) is 5.82 Å². The molecule has 0 unspecified atom stereocenters. The Morgan fingerprint density at radius 2 is 1.71 bits per heavy atom. The number of nitrogens with zero attached hydrogens (tertiary/aromatic N) is 3. The molecule has 0 N–H and O–H groups in total. The van der Waals surface area contributed by atoms with Gasteiger partial charge in [-0.3, -0.25) is 0 Å². The molecule has 21 heavy (non-hydrogen) atoms. The van der Waals surface area contributed by atoms with Crippen LogP contribution in [0, 0.1) is 20.8 Å². The summed E-state index contributed by atoms with van der Waals surface area (Å²) in [6.07, 6.45) is 0. The lowest BCUT2D eigenvalue weighted by atomic mass is 10.0. The predicted molar refractivity (Wildman–Crippen MR) is 83.5 cm³/mol. The minimum absolute atomic E-state index is 0.592. The van der Waals surface area contributed by atoms with Gasteiger partial charge in [-0.25, -0.2) is 15.0 Å². The lowest BCUT2D eigenvalue weighted by Crippen LogP contribution is -2.01. The molecular formula is C17H17N3O. The first-order chi connectivity index (χ1) is 10.1. The van der Waals surface area contributed by atoms with Crippen molar-refractivity contribution in [2.24, 2.45) is 0 Å². The maximum Gasteiger partial charge on any atom is 0.223 e. The number of aromatic nitrogens is 3. The number of ether oxygens (including phenoxy) is 1. The highest BCUT2D eigenvalue weighted by Gasteiger charge is 2.15. The third-order valence-corrected chi connectivity index (χ3v) is 3.64. The number of hydrogen-bond acceptors (Lipinski definition) is 4. The number of aryl methyl sites for hydroxylation is 2. The minimum Gasteiger partial charge on any atom is -0.480 e. The van der Waals surface area contributed by atoms with E-state index in [4.69, 9.17) is 4.74 Å². The first kappa shape index (κ1) is 13.5. The van der Waals surface area contributed by atoms with Crippen LogP contribution in [-0.4, -0.2) is 22.1 Å². The summed E-state index contributed by atoms with van der Waals surface area (Å²) in [5, 5.41) is 1.07. The van der Waals surface area contributed by atoms with E-state index in [1.54, 1.807) is 7.11 Å². The van der Waals surface area contributed by atoms with Crippen LogP contribution in [0.4, 0.5) is 0 Å². The van der Waals surface area contributed by atoms with E-state index in [-0.39, 0.29) is 0 Å². The minimum atomic E-state index is 0.592. The SMILES string of the molecule is COc1nc2ccccc2cc1-c1nc(C)nc(C)c1C. The number of rotatable bonds is 2. The zero-order valence-corrected chi connectivity index (χ0v) is 12.6. The average molecular weight is 279 g/mol. The number of fused-ring (bicyclic) bond motifs is 1. The molecule has 0 radical (unpaired) electrons. The van der Waals surface area contributed by atoms with Crippen molar-refractivity contribution in [2.75, 3.05) is 7.11 Å². The number of benzene rings is 1. The van der Waals surface area contributed by atoms with Crippen LogP contribution in [0.15, 0.2) is 30.3 Å². The number of methoxy groups -OCH3 is 1. The molecule has 1 aromatic carbocycles. The molecule has 4 heteroatoms. The van der Waals surface area contributed by atoms with Crippen molar-refractivity contribution in [3.8, 4) is 17.1 Å². The highest BCUT2D eigenvalue weighted by Crippen LogP contribution is 2.32. The number of pyridine rings is 1. The van der Waals surface area contributed by atoms with Gasteiger partial charge in [0.25, 0.3) is 0 Å². The third kappa shape index (κ3) is 2.33. The average Bonchev–Trinajstić information content (AvgIpc) is 2.49. The van der Waals surface area contributed by atoms with Gasteiger partial charge in [0.2, 0.25) is 5.88 Å². The summed E-state index contributed by atoms with van der Waals surface area (Å²) in [5.74, 6) is 1.35. The van der Waals surface area contributed by atoms with E-state index in [1.807, 2.05) is 45.0 Å². The monoisotopic (exact) mass is 279 g/mol. The normalized spacial score (nSPS) is 10.9. The molecule has 0 atom stereocenters. The Labute approximate surface area is 123 Å². The summed E-state index contributed by atoms with van der Waals surface area (Å²) >= 11 is 0. The summed E-state index contributed by atoms with van der Waals surface area (Å²) in [4.78, 5) is 13.6. The molecule has 4 nitrogen and oxygen atoms in total. The molecule has 0 saturated carbocycles. The lowest BCUT2D eigenvalue weighted by molar-refractivity contribution is 0.401. The molecule has 2 heterocycles. The van der Waals surface area contributed by atoms with E-state index < -0.39 is 0 Å². The number of para-hydroxylation sites is 1. The first-order valence-electron chi connectivity index (χ1n) is 6.86. The van der Waals surface area contributed by atoms with Crippen molar-refractivity contribution in [1.29, 1.82) is 0 Å². The van der Waals surface area contributed by atoms with Gasteiger partial charge in [-0.2, -0.15) is 0 Å². The van der Waals surface area contributed by atoms with Gasteiger partial charge < -0.3 is 4.74 Å². The molecule has 0 bridgehead atoms. The molecule has 0 amide bonds. The fourth-order valence-corrected chi connectivity index (χ4v) is 2.45. The van der Waals surface area contributed by atoms with Gasteiger partial charge in [0.05, 0.1) is 23.9 Å². The van der Waals surface area contributed by atoms with E-state index in [9.17, 15) is 0 Å². The summed E-state index contributed by atoms with van der Waals surface area (Å²) in [7, 11) is 1.64. The summed E-state index contributed by atoms with van der Waals surface area (Å²) in [6, 6.07) is 10.1. The van der Waals surface area contributed by atoms with E-state index >= 15 is 0 Å². The fourth-order valence-electron chi connectivity index (χ4n) is 2.45. The van der Waals surface area contributed by atoms with Crippen molar-refractivity contribution in [3.05, 3.63) is 47.4 Å². The maximum absolute atomic E-state index is 5.47. The molecule has 106 valence electrons. The fraction of sp³-hybridized carbons (Fsp3) is 0.235. The Morgan fingerprint density at radius 1 is 0.952 bits per heavy atom. The molecule has 2 aromatic heterocycles. The molecule has 0 aliphatic rings. The highest BCUT2D eigenvalue weighted by molar-refractivity contribution is 5.86. The Morgan fingerprint density at radius 3 is 2.48 bits per heavy atom. The van der Waals surface area contributed by atoms with Gasteiger partial charge in [-0.15, -0.1) is 0 Å². The van der Waals surface area contributed by atoms with E-state index in [1.165, 1.54) is 0 Å². The Bertz CT molecular complexity index is 828. The van der Waals surface area contributed by atoms with Crippen LogP contribution in [0.3, 0.4) is 0 Å². The van der Waals surface area contributed by atoms with Gasteiger partial charge in [0.15, 0.2) is 0 Å². The summed E-state index contributed by atoms with van der Waals surface area (Å²) in [5.41, 5.74) is 4.74. The molecule has 0 aliphatic carbocycles. The lowest BCUT2D eigenvalue weighted by Gasteiger charge is -2.12. The van der Waals surface area contributed by atoms with Crippen LogP contribution in [0.5, 0.6) is 5.88 Å². The van der Waals surface area contributed by atoms with Crippen LogP contribution in [0.25, 0.3) is 22.2 Å². The zero-order chi connectivity index (χ0) is 15.0. The largest absolute Gasteiger partial charge is 0.480 e. The molecule has 3 rings (SSSR count). The van der Waals surface area contributed by atoms with E-state index in [0.29, 0.717) is 5.88 Å². The second-order valence-corrected chi connectivity index (χ2v) is 5.07. The molecule has 0 saturated heterocycles. The van der Waals surface area contributed by atoms with Crippen molar-refractivity contribution < 1.29 is 4.74 Å². The quantitative estimate of drug-likeness (QED) is 0.718. The van der Waals surface area contributed by atoms with Crippen molar-refractivity contribution in [1.82, 2.24) is 15.0 Å². The predicted octanol–water partition coefficient (Wildman–Crippen LogP) is 3.63. The van der Waals surface area contributed by atoms with Crippen LogP contribution >= 0.6 is 0 Å². The van der Waals surface area contributed by atoms with Gasteiger partial charge in [-0.1, -0.05) is 18.2 Å². The maximum atomic E-state index is 5.47. The molecule has 0 fully saturated rings. The Kier molecular flexibility index (Phi) is 3.29. The first-order valence-corrected chi connectivity index (χ1v) is 6.86. The van der Waals surface area contributed by atoms with E-state index in [2.05, 4.69) is 21.0 Å². The molecule has 0 aliphatic heterocycles. The zero-order valence-electron chi connectivity index (χ0n) is 12.6. The molecule has 0 spiro atoms. The van der Waals surface area contributed by atoms with Gasteiger partial charge in [-0.05, 0) is 38.5 Å². The standard InChI is InChI=1S/C17H17N3O/c1-10-11(2)18-12(3)19-16(10)14-9-13-7-5-6-8-15(13)20-17(14)21-4/h5-9H,1-4H3. The van der Waals surface area contributed by atoms with Crippen LogP contribution in [0.1, 0.15) is 17.1 Å². The van der Waals surface area contributed by atoms with Crippen LogP contribution < -0.4 is 4.74 Å². The topological polar surface area (TPSA) is 47.9 Å². The van der Waals surface area contributed by atoms with Gasteiger partial charge in [0, 0.05) is 11.1 Å². The third-order valence-electron chi connectivity index (χ3n) is 3.64. The molecule has 3 aromatic rings. The van der Waals surface area contributed by atoms with Crippen molar-refractivity contribution in [2.45, 2.75) is 20.8 Å². The summed E-state index contributed by atoms with van der Waals surface area (Å²) < 4.78 is 5.47. The van der Waals surface area contributed by atoms with Crippen LogP contribution in [0.2, 0.25) is 0 Å². The number of hydrogen-bond donors (Lipinski definition) is 0. The van der Waals surface area contributed by atoms with Crippen molar-refractivity contribution >= 4 is 10.9 Å². The van der Waals surface area contributed by atoms with Crippen molar-refractivity contribution in [3.63, 3.8) is 0 Å². The second kappa shape index (κ2) is 5.13. The Hall–Kier alpha value is -2.49. The van der Waals surface area contributed by atoms with Crippen LogP contribution in [-0.2, 0) is 0 Å². The molecular weight excluding hydrogens is 262 g/mol. The highest BCUT2D eigenvalue weighted by atomic mass is 16.5. The summed E-state index contributed by atoms with van der Waals surface area (Å²) in [6.45, 7) is 5.92. The Balaban J connectivity index is 2.33. The van der Waals surface area contributed by atoms with Gasteiger partial charge >= 0.3 is 0 Å².